The monoisotopic (exact) mass is 254 g/mol. The number of benzene rings is 1. The van der Waals surface area contributed by atoms with E-state index in [-0.39, 0.29) is 6.04 Å². The van der Waals surface area contributed by atoms with Crippen molar-refractivity contribution in [2.75, 3.05) is 7.05 Å². The van der Waals surface area contributed by atoms with Crippen molar-refractivity contribution in [1.82, 2.24) is 20.3 Å². The lowest BCUT2D eigenvalue weighted by molar-refractivity contribution is 0.538. The van der Waals surface area contributed by atoms with Crippen molar-refractivity contribution in [3.8, 4) is 17.5 Å². The number of para-hydroxylation sites is 1. The second-order valence-electron chi connectivity index (χ2n) is 4.20. The molecule has 0 saturated heterocycles. The predicted molar refractivity (Wildman–Crippen MR) is 75.8 cm³/mol. The van der Waals surface area contributed by atoms with E-state index in [0.29, 0.717) is 0 Å². The summed E-state index contributed by atoms with van der Waals surface area (Å²) in [7, 11) is 1.94. The van der Waals surface area contributed by atoms with Gasteiger partial charge in [0.15, 0.2) is 0 Å². The molecular formula is C15H18N4. The molecule has 4 heteroatoms. The summed E-state index contributed by atoms with van der Waals surface area (Å²) in [5.41, 5.74) is 1.92. The molecule has 1 atom stereocenters. The van der Waals surface area contributed by atoms with E-state index in [9.17, 15) is 0 Å². The highest BCUT2D eigenvalue weighted by atomic mass is 15.5. The number of hydrogen-bond donors (Lipinski definition) is 1. The van der Waals surface area contributed by atoms with Crippen molar-refractivity contribution >= 4 is 0 Å². The Balaban J connectivity index is 2.12. The van der Waals surface area contributed by atoms with Crippen LogP contribution in [0.2, 0.25) is 0 Å². The highest BCUT2D eigenvalue weighted by Gasteiger charge is 2.13. The maximum absolute atomic E-state index is 4.53. The molecule has 1 unspecified atom stereocenters. The first kappa shape index (κ1) is 13.3. The first-order valence-electron chi connectivity index (χ1n) is 6.39. The van der Waals surface area contributed by atoms with Crippen LogP contribution >= 0.6 is 0 Å². The van der Waals surface area contributed by atoms with Gasteiger partial charge in [0.2, 0.25) is 0 Å². The van der Waals surface area contributed by atoms with Gasteiger partial charge in [-0.05, 0) is 32.5 Å². The van der Waals surface area contributed by atoms with E-state index in [1.54, 1.807) is 4.80 Å². The molecule has 0 spiro atoms. The quantitative estimate of drug-likeness (QED) is 0.833. The minimum atomic E-state index is 0.193. The van der Waals surface area contributed by atoms with E-state index in [1.165, 1.54) is 0 Å². The van der Waals surface area contributed by atoms with Crippen LogP contribution in [0.4, 0.5) is 0 Å². The molecule has 0 bridgehead atoms. The van der Waals surface area contributed by atoms with E-state index < -0.39 is 0 Å². The lowest BCUT2D eigenvalue weighted by Crippen LogP contribution is -2.17. The Bertz CT molecular complexity index is 563. The Morgan fingerprint density at radius 2 is 2.11 bits per heavy atom. The van der Waals surface area contributed by atoms with Crippen LogP contribution in [-0.4, -0.2) is 22.0 Å². The normalized spacial score (nSPS) is 11.7. The molecule has 0 fully saturated rings. The zero-order chi connectivity index (χ0) is 13.5. The van der Waals surface area contributed by atoms with Gasteiger partial charge >= 0.3 is 0 Å². The van der Waals surface area contributed by atoms with E-state index in [0.717, 1.165) is 24.2 Å². The van der Waals surface area contributed by atoms with Crippen LogP contribution in [0, 0.1) is 11.8 Å². The van der Waals surface area contributed by atoms with Crippen molar-refractivity contribution in [2.24, 2.45) is 0 Å². The summed E-state index contributed by atoms with van der Waals surface area (Å²) in [4.78, 5) is 1.66. The molecule has 1 N–H and O–H groups in total. The van der Waals surface area contributed by atoms with E-state index in [4.69, 9.17) is 0 Å². The van der Waals surface area contributed by atoms with Crippen molar-refractivity contribution in [3.63, 3.8) is 0 Å². The largest absolute Gasteiger partial charge is 0.312 e. The summed E-state index contributed by atoms with van der Waals surface area (Å²) < 4.78 is 0. The fraction of sp³-hybridized carbons (Fsp3) is 0.333. The number of nitrogens with zero attached hydrogens (tertiary/aromatic N) is 3. The third-order valence-electron chi connectivity index (χ3n) is 2.94. The topological polar surface area (TPSA) is 42.7 Å². The minimum absolute atomic E-state index is 0.193. The maximum Gasteiger partial charge on any atom is 0.100 e. The Kier molecular flexibility index (Phi) is 4.71. The van der Waals surface area contributed by atoms with Gasteiger partial charge in [-0.3, -0.25) is 0 Å². The first-order valence-corrected chi connectivity index (χ1v) is 6.39. The van der Waals surface area contributed by atoms with Gasteiger partial charge in [0.05, 0.1) is 17.9 Å². The zero-order valence-corrected chi connectivity index (χ0v) is 11.3. The molecule has 2 rings (SSSR count). The van der Waals surface area contributed by atoms with Gasteiger partial charge in [-0.15, -0.1) is 11.8 Å². The number of aromatic nitrogens is 3. The summed E-state index contributed by atoms with van der Waals surface area (Å²) >= 11 is 0. The van der Waals surface area contributed by atoms with Gasteiger partial charge in [0.1, 0.15) is 5.69 Å². The molecule has 0 amide bonds. The number of rotatable bonds is 5. The van der Waals surface area contributed by atoms with Gasteiger partial charge in [0.25, 0.3) is 0 Å². The fourth-order valence-corrected chi connectivity index (χ4v) is 1.90. The summed E-state index contributed by atoms with van der Waals surface area (Å²) in [6, 6.07) is 10.1. The first-order chi connectivity index (χ1) is 9.35. The average Bonchev–Trinajstić information content (AvgIpc) is 2.94. The summed E-state index contributed by atoms with van der Waals surface area (Å²) in [6.07, 6.45) is 3.61. The van der Waals surface area contributed by atoms with Crippen molar-refractivity contribution in [3.05, 3.63) is 42.2 Å². The van der Waals surface area contributed by atoms with Gasteiger partial charge in [0, 0.05) is 6.42 Å². The Labute approximate surface area is 113 Å². The van der Waals surface area contributed by atoms with Crippen LogP contribution in [0.5, 0.6) is 0 Å². The van der Waals surface area contributed by atoms with Gasteiger partial charge in [-0.25, -0.2) is 0 Å². The zero-order valence-electron chi connectivity index (χ0n) is 11.3. The molecular weight excluding hydrogens is 236 g/mol. The number of nitrogens with one attached hydrogen (secondary N) is 1. The van der Waals surface area contributed by atoms with Crippen LogP contribution in [0.15, 0.2) is 36.5 Å². The molecule has 2 aromatic rings. The second-order valence-corrected chi connectivity index (χ2v) is 4.20. The molecule has 0 aliphatic rings. The summed E-state index contributed by atoms with van der Waals surface area (Å²) in [6.45, 7) is 1.86. The van der Waals surface area contributed by atoms with Crippen LogP contribution in [0.3, 0.4) is 0 Å². The summed E-state index contributed by atoms with van der Waals surface area (Å²) in [5.74, 6) is 5.99. The van der Waals surface area contributed by atoms with Crippen LogP contribution in [-0.2, 0) is 0 Å². The smallest absolute Gasteiger partial charge is 0.100 e. The highest BCUT2D eigenvalue weighted by molar-refractivity contribution is 5.28. The SMILES string of the molecule is CC#CCCC(NC)c1cnn(-c2ccccc2)n1. The standard InChI is InChI=1S/C15H18N4/c1-3-4-6-11-14(16-2)15-12-17-19(18-15)13-9-7-5-8-10-13/h5,7-10,12,14,16H,6,11H2,1-2H3. The Morgan fingerprint density at radius 3 is 2.79 bits per heavy atom. The van der Waals surface area contributed by atoms with Gasteiger partial charge < -0.3 is 5.32 Å². The molecule has 4 nitrogen and oxygen atoms in total. The van der Waals surface area contributed by atoms with Crippen molar-refractivity contribution in [2.45, 2.75) is 25.8 Å². The predicted octanol–water partition coefficient (Wildman–Crippen LogP) is 2.33. The maximum atomic E-state index is 4.53. The Morgan fingerprint density at radius 1 is 1.32 bits per heavy atom. The minimum Gasteiger partial charge on any atom is -0.312 e. The molecule has 1 heterocycles. The molecule has 0 saturated carbocycles. The molecule has 1 aromatic heterocycles. The highest BCUT2D eigenvalue weighted by Crippen LogP contribution is 2.15. The van der Waals surface area contributed by atoms with Gasteiger partial charge in [-0.1, -0.05) is 18.2 Å². The van der Waals surface area contributed by atoms with Crippen molar-refractivity contribution < 1.29 is 0 Å². The lowest BCUT2D eigenvalue weighted by Gasteiger charge is -2.10. The van der Waals surface area contributed by atoms with Crippen LogP contribution in [0.25, 0.3) is 5.69 Å². The van der Waals surface area contributed by atoms with Crippen LogP contribution in [0.1, 0.15) is 31.5 Å². The summed E-state index contributed by atoms with van der Waals surface area (Å²) in [5, 5.41) is 12.1. The third kappa shape index (κ3) is 3.43. The lowest BCUT2D eigenvalue weighted by atomic mass is 10.1. The Hall–Kier alpha value is -2.12. The molecule has 19 heavy (non-hydrogen) atoms. The molecule has 0 radical (unpaired) electrons. The van der Waals surface area contributed by atoms with E-state index >= 15 is 0 Å². The number of hydrogen-bond acceptors (Lipinski definition) is 3. The third-order valence-corrected chi connectivity index (χ3v) is 2.94. The fourth-order valence-electron chi connectivity index (χ4n) is 1.90. The molecule has 98 valence electrons. The molecule has 0 aliphatic heterocycles. The molecule has 1 aromatic carbocycles. The molecule has 0 aliphatic carbocycles. The van der Waals surface area contributed by atoms with E-state index in [2.05, 4.69) is 27.4 Å². The van der Waals surface area contributed by atoms with Crippen molar-refractivity contribution in [1.29, 1.82) is 0 Å². The second kappa shape index (κ2) is 6.72. The van der Waals surface area contributed by atoms with Crippen LogP contribution < -0.4 is 5.32 Å². The van der Waals surface area contributed by atoms with E-state index in [1.807, 2.05) is 50.5 Å². The average molecular weight is 254 g/mol. The van der Waals surface area contributed by atoms with Gasteiger partial charge in [-0.2, -0.15) is 15.0 Å².